The van der Waals surface area contributed by atoms with Crippen molar-refractivity contribution in [1.82, 2.24) is 15.5 Å². The van der Waals surface area contributed by atoms with Gasteiger partial charge in [-0.05, 0) is 37.5 Å². The van der Waals surface area contributed by atoms with Crippen LogP contribution in [0.1, 0.15) is 55.9 Å². The minimum Gasteiger partial charge on any atom is -0.378 e. The molecule has 9 heteroatoms. The summed E-state index contributed by atoms with van der Waals surface area (Å²) in [4.78, 5) is 24.4. The number of amides is 2. The summed E-state index contributed by atoms with van der Waals surface area (Å²) in [5.41, 5.74) is 0.726. The van der Waals surface area contributed by atoms with E-state index in [0.29, 0.717) is 17.8 Å². The standard InChI is InChI=1S/C19H22F2N4O3/c1-10(22-19(28)17(26)12-6-13(20)8-14(21)7-12)18(27)23-16-9-15(24-25-16)11-4-2-3-5-11/h6-11,17,26H,2-5H2,1H3,(H,22,28)(H2,23,24,25,27)/t10-,17-/m0/s1. The molecule has 2 atom stereocenters. The van der Waals surface area contributed by atoms with Crippen molar-refractivity contribution in [3.8, 4) is 0 Å². The van der Waals surface area contributed by atoms with E-state index in [-0.39, 0.29) is 5.56 Å². The molecule has 3 rings (SSSR count). The average molecular weight is 392 g/mol. The first kappa shape index (κ1) is 19.9. The lowest BCUT2D eigenvalue weighted by Gasteiger charge is -2.16. The van der Waals surface area contributed by atoms with Gasteiger partial charge in [0.15, 0.2) is 11.9 Å². The lowest BCUT2D eigenvalue weighted by molar-refractivity contribution is -0.132. The molecule has 150 valence electrons. The van der Waals surface area contributed by atoms with E-state index in [2.05, 4.69) is 20.8 Å². The molecule has 0 bridgehead atoms. The first-order chi connectivity index (χ1) is 13.3. The van der Waals surface area contributed by atoms with Gasteiger partial charge in [0, 0.05) is 23.7 Å². The first-order valence-electron chi connectivity index (χ1n) is 9.14. The van der Waals surface area contributed by atoms with Gasteiger partial charge in [-0.3, -0.25) is 14.7 Å². The summed E-state index contributed by atoms with van der Waals surface area (Å²) in [5.74, 6) is -2.54. The van der Waals surface area contributed by atoms with Crippen molar-refractivity contribution in [2.75, 3.05) is 5.32 Å². The van der Waals surface area contributed by atoms with Crippen molar-refractivity contribution in [3.05, 3.63) is 47.2 Å². The number of halogens is 2. The Balaban J connectivity index is 1.56. The molecule has 1 saturated carbocycles. The molecule has 4 N–H and O–H groups in total. The number of H-pyrrole nitrogens is 1. The van der Waals surface area contributed by atoms with Crippen LogP contribution in [0, 0.1) is 11.6 Å². The maximum atomic E-state index is 13.2. The Morgan fingerprint density at radius 1 is 1.14 bits per heavy atom. The molecule has 1 aliphatic rings. The van der Waals surface area contributed by atoms with Crippen LogP contribution in [0.25, 0.3) is 0 Å². The number of nitrogens with one attached hydrogen (secondary N) is 3. The monoisotopic (exact) mass is 392 g/mol. The van der Waals surface area contributed by atoms with Gasteiger partial charge in [-0.15, -0.1) is 0 Å². The van der Waals surface area contributed by atoms with Gasteiger partial charge in [0.05, 0.1) is 0 Å². The smallest absolute Gasteiger partial charge is 0.254 e. The Morgan fingerprint density at radius 3 is 2.43 bits per heavy atom. The fourth-order valence-electron chi connectivity index (χ4n) is 3.32. The van der Waals surface area contributed by atoms with Crippen LogP contribution in [-0.2, 0) is 9.59 Å². The zero-order valence-corrected chi connectivity index (χ0v) is 15.3. The average Bonchev–Trinajstić information content (AvgIpc) is 3.31. The second-order valence-electron chi connectivity index (χ2n) is 7.01. The van der Waals surface area contributed by atoms with E-state index in [1.54, 1.807) is 6.07 Å². The summed E-state index contributed by atoms with van der Waals surface area (Å²) in [6.07, 6.45) is 2.71. The van der Waals surface area contributed by atoms with Crippen LogP contribution in [0.3, 0.4) is 0 Å². The van der Waals surface area contributed by atoms with Crippen LogP contribution in [-0.4, -0.2) is 33.2 Å². The molecule has 2 amide bonds. The maximum Gasteiger partial charge on any atom is 0.254 e. The highest BCUT2D eigenvalue weighted by molar-refractivity contribution is 5.97. The number of hydrogen-bond donors (Lipinski definition) is 4. The van der Waals surface area contributed by atoms with Crippen LogP contribution >= 0.6 is 0 Å². The Bertz CT molecular complexity index is 844. The van der Waals surface area contributed by atoms with Crippen LogP contribution in [0.15, 0.2) is 24.3 Å². The van der Waals surface area contributed by atoms with Gasteiger partial charge in [-0.25, -0.2) is 8.78 Å². The van der Waals surface area contributed by atoms with Crippen LogP contribution < -0.4 is 10.6 Å². The predicted molar refractivity (Wildman–Crippen MR) is 97.3 cm³/mol. The fourth-order valence-corrected chi connectivity index (χ4v) is 3.32. The third-order valence-electron chi connectivity index (χ3n) is 4.84. The number of hydrogen-bond acceptors (Lipinski definition) is 4. The maximum absolute atomic E-state index is 13.2. The number of benzene rings is 1. The minimum absolute atomic E-state index is 0.240. The normalized spacial score (nSPS) is 16.6. The molecule has 2 aromatic rings. The van der Waals surface area contributed by atoms with Crippen molar-refractivity contribution in [1.29, 1.82) is 0 Å². The molecule has 1 fully saturated rings. The zero-order valence-electron chi connectivity index (χ0n) is 15.3. The Kier molecular flexibility index (Phi) is 6.03. The van der Waals surface area contributed by atoms with Gasteiger partial charge in [0.1, 0.15) is 17.7 Å². The predicted octanol–water partition coefficient (Wildman–Crippen LogP) is 2.52. The molecule has 0 spiro atoms. The summed E-state index contributed by atoms with van der Waals surface area (Å²) in [6.45, 7) is 1.43. The number of rotatable bonds is 6. The van der Waals surface area contributed by atoms with E-state index < -0.39 is 35.6 Å². The lowest BCUT2D eigenvalue weighted by atomic mass is 10.0. The largest absolute Gasteiger partial charge is 0.378 e. The summed E-state index contributed by atoms with van der Waals surface area (Å²) >= 11 is 0. The van der Waals surface area contributed by atoms with Gasteiger partial charge < -0.3 is 15.7 Å². The van der Waals surface area contributed by atoms with Crippen LogP contribution in [0.4, 0.5) is 14.6 Å². The molecule has 28 heavy (non-hydrogen) atoms. The van der Waals surface area contributed by atoms with E-state index in [4.69, 9.17) is 0 Å². The summed E-state index contributed by atoms with van der Waals surface area (Å²) in [5, 5.41) is 21.9. The highest BCUT2D eigenvalue weighted by Gasteiger charge is 2.24. The Morgan fingerprint density at radius 2 is 1.79 bits per heavy atom. The van der Waals surface area contributed by atoms with Crippen molar-refractivity contribution in [3.63, 3.8) is 0 Å². The second-order valence-corrected chi connectivity index (χ2v) is 7.01. The number of aromatic amines is 1. The highest BCUT2D eigenvalue weighted by Crippen LogP contribution is 2.33. The van der Waals surface area contributed by atoms with Crippen molar-refractivity contribution < 1.29 is 23.5 Å². The highest BCUT2D eigenvalue weighted by atomic mass is 19.1. The molecule has 7 nitrogen and oxygen atoms in total. The number of carbonyl (C=O) groups excluding carboxylic acids is 2. The van der Waals surface area contributed by atoms with E-state index in [0.717, 1.165) is 30.7 Å². The van der Waals surface area contributed by atoms with Crippen molar-refractivity contribution in [2.45, 2.75) is 50.7 Å². The van der Waals surface area contributed by atoms with E-state index in [1.807, 2.05) is 0 Å². The third-order valence-corrected chi connectivity index (χ3v) is 4.84. The molecule has 0 aliphatic heterocycles. The fraction of sp³-hybridized carbons (Fsp3) is 0.421. The van der Waals surface area contributed by atoms with Crippen molar-refractivity contribution in [2.24, 2.45) is 0 Å². The molecule has 1 aromatic heterocycles. The Hall–Kier alpha value is -2.81. The first-order valence-corrected chi connectivity index (χ1v) is 9.14. The quantitative estimate of drug-likeness (QED) is 0.606. The van der Waals surface area contributed by atoms with E-state index in [1.165, 1.54) is 19.8 Å². The SMILES string of the molecule is C[C@H](NC(=O)[C@@H](O)c1cc(F)cc(F)c1)C(=O)Nc1cc(C2CCCC2)[nH]n1. The number of aliphatic hydroxyl groups is 1. The van der Waals surface area contributed by atoms with Gasteiger partial charge >= 0.3 is 0 Å². The van der Waals surface area contributed by atoms with E-state index in [9.17, 15) is 23.5 Å². The molecule has 1 aliphatic carbocycles. The van der Waals surface area contributed by atoms with Crippen LogP contribution in [0.5, 0.6) is 0 Å². The van der Waals surface area contributed by atoms with Crippen molar-refractivity contribution >= 4 is 17.6 Å². The third kappa shape index (κ3) is 4.72. The summed E-state index contributed by atoms with van der Waals surface area (Å²) in [7, 11) is 0. The molecule has 0 saturated heterocycles. The Labute approximate surface area is 160 Å². The topological polar surface area (TPSA) is 107 Å². The molecular weight excluding hydrogens is 370 g/mol. The number of carbonyl (C=O) groups is 2. The van der Waals surface area contributed by atoms with Gasteiger partial charge in [-0.1, -0.05) is 12.8 Å². The number of aromatic nitrogens is 2. The minimum atomic E-state index is -1.81. The molecular formula is C19H22F2N4O3. The molecule has 1 heterocycles. The number of nitrogens with zero attached hydrogens (tertiary/aromatic N) is 1. The summed E-state index contributed by atoms with van der Waals surface area (Å²) in [6, 6.07) is 3.12. The zero-order chi connectivity index (χ0) is 20.3. The molecule has 0 unspecified atom stereocenters. The molecule has 0 radical (unpaired) electrons. The molecule has 1 aromatic carbocycles. The number of aliphatic hydroxyl groups excluding tert-OH is 1. The van der Waals surface area contributed by atoms with E-state index >= 15 is 0 Å². The summed E-state index contributed by atoms with van der Waals surface area (Å²) < 4.78 is 26.5. The van der Waals surface area contributed by atoms with Gasteiger partial charge in [0.2, 0.25) is 5.91 Å². The van der Waals surface area contributed by atoms with Crippen LogP contribution in [0.2, 0.25) is 0 Å². The van der Waals surface area contributed by atoms with Gasteiger partial charge in [-0.2, -0.15) is 5.10 Å². The number of anilines is 1. The second kappa shape index (κ2) is 8.47. The lowest BCUT2D eigenvalue weighted by Crippen LogP contribution is -2.43. The van der Waals surface area contributed by atoms with Gasteiger partial charge in [0.25, 0.3) is 5.91 Å².